The molecule has 5 rings (SSSR count). The fraction of sp³-hybridized carbons (Fsp3) is 0.200. The fourth-order valence-corrected chi connectivity index (χ4v) is 6.38. The molecule has 1 saturated heterocycles. The van der Waals surface area contributed by atoms with Crippen LogP contribution in [0.2, 0.25) is 0 Å². The smallest absolute Gasteiger partial charge is 0.173 e. The highest BCUT2D eigenvalue weighted by Crippen LogP contribution is 2.39. The van der Waals surface area contributed by atoms with Gasteiger partial charge in [-0.15, -0.1) is 22.7 Å². The summed E-state index contributed by atoms with van der Waals surface area (Å²) in [6.45, 7) is 0. The van der Waals surface area contributed by atoms with E-state index >= 15 is 0 Å². The van der Waals surface area contributed by atoms with Crippen LogP contribution >= 0.6 is 22.7 Å². The van der Waals surface area contributed by atoms with E-state index in [1.54, 1.807) is 22.7 Å². The second-order valence-electron chi connectivity index (χ2n) is 6.51. The molecule has 0 amide bonds. The Kier molecular flexibility index (Phi) is 4.51. The summed E-state index contributed by atoms with van der Waals surface area (Å²) < 4.78 is 11.8. The molecule has 2 atom stereocenters. The van der Waals surface area contributed by atoms with E-state index in [2.05, 4.69) is 22.8 Å². The lowest BCUT2D eigenvalue weighted by Gasteiger charge is -2.14. The maximum Gasteiger partial charge on any atom is 0.173 e. The molecule has 0 aliphatic carbocycles. The van der Waals surface area contributed by atoms with Crippen molar-refractivity contribution in [3.63, 3.8) is 0 Å². The highest BCUT2D eigenvalue weighted by atomic mass is 32.2. The molecule has 0 radical (unpaired) electrons. The molecule has 27 heavy (non-hydrogen) atoms. The molecule has 4 nitrogen and oxygen atoms in total. The molecule has 4 aromatic rings. The van der Waals surface area contributed by atoms with Gasteiger partial charge in [-0.3, -0.25) is 4.21 Å². The minimum absolute atomic E-state index is 0.198. The standard InChI is InChI=1S/C20H17N3OS3/c24-27-10-8-14(12-27)21-19-17-15(13-5-2-1-3-6-13)11-26-20(17)23-18(22-19)16-7-4-9-25-16/h1-7,9,11,14H,8,10,12H2,(H,21,22,23)/t14-,27-/m1/s1. The van der Waals surface area contributed by atoms with Crippen LogP contribution < -0.4 is 5.32 Å². The third-order valence-corrected chi connectivity index (χ3v) is 7.89. The Labute approximate surface area is 167 Å². The third-order valence-electron chi connectivity index (χ3n) is 4.68. The van der Waals surface area contributed by atoms with Crippen molar-refractivity contribution in [2.45, 2.75) is 12.5 Å². The Bertz CT molecular complexity index is 1110. The summed E-state index contributed by atoms with van der Waals surface area (Å²) in [5.41, 5.74) is 2.31. The van der Waals surface area contributed by atoms with E-state index in [1.807, 2.05) is 35.7 Å². The van der Waals surface area contributed by atoms with Crippen LogP contribution in [-0.2, 0) is 10.8 Å². The van der Waals surface area contributed by atoms with Crippen molar-refractivity contribution in [1.29, 1.82) is 0 Å². The van der Waals surface area contributed by atoms with Gasteiger partial charge in [0.2, 0.25) is 0 Å². The zero-order valence-electron chi connectivity index (χ0n) is 14.4. The van der Waals surface area contributed by atoms with Crippen LogP contribution in [-0.4, -0.2) is 31.7 Å². The average Bonchev–Trinajstić information content (AvgIpc) is 3.43. The van der Waals surface area contributed by atoms with E-state index in [4.69, 9.17) is 9.97 Å². The monoisotopic (exact) mass is 411 g/mol. The number of thiophene rings is 2. The van der Waals surface area contributed by atoms with Crippen LogP contribution in [0, 0.1) is 0 Å². The largest absolute Gasteiger partial charge is 0.366 e. The summed E-state index contributed by atoms with van der Waals surface area (Å²) in [5.74, 6) is 3.05. The molecular formula is C20H17N3OS3. The lowest BCUT2D eigenvalue weighted by atomic mass is 10.1. The predicted molar refractivity (Wildman–Crippen MR) is 116 cm³/mol. The van der Waals surface area contributed by atoms with E-state index in [0.29, 0.717) is 5.75 Å². The molecule has 1 aromatic carbocycles. The van der Waals surface area contributed by atoms with Gasteiger partial charge >= 0.3 is 0 Å². The van der Waals surface area contributed by atoms with Gasteiger partial charge in [-0.1, -0.05) is 36.4 Å². The number of anilines is 1. The van der Waals surface area contributed by atoms with E-state index < -0.39 is 10.8 Å². The van der Waals surface area contributed by atoms with Gasteiger partial charge in [0.1, 0.15) is 10.6 Å². The van der Waals surface area contributed by atoms with Crippen molar-refractivity contribution in [3.05, 3.63) is 53.2 Å². The first-order valence-electron chi connectivity index (χ1n) is 8.78. The fourth-order valence-electron chi connectivity index (χ4n) is 3.36. The maximum atomic E-state index is 11.8. The van der Waals surface area contributed by atoms with Crippen molar-refractivity contribution >= 4 is 49.5 Å². The van der Waals surface area contributed by atoms with Crippen LogP contribution in [0.25, 0.3) is 32.0 Å². The molecule has 0 saturated carbocycles. The predicted octanol–water partition coefficient (Wildman–Crippen LogP) is 5.02. The van der Waals surface area contributed by atoms with Crippen molar-refractivity contribution in [1.82, 2.24) is 9.97 Å². The Morgan fingerprint density at radius 2 is 1.96 bits per heavy atom. The molecule has 0 spiro atoms. The van der Waals surface area contributed by atoms with Gasteiger partial charge in [-0.05, 0) is 23.4 Å². The molecule has 4 heterocycles. The molecular weight excluding hydrogens is 394 g/mol. The van der Waals surface area contributed by atoms with Gasteiger partial charge in [0.15, 0.2) is 5.82 Å². The minimum atomic E-state index is -0.728. The van der Waals surface area contributed by atoms with E-state index in [1.165, 1.54) is 0 Å². The topological polar surface area (TPSA) is 54.9 Å². The summed E-state index contributed by atoms with van der Waals surface area (Å²) in [6.07, 6.45) is 0.914. The summed E-state index contributed by atoms with van der Waals surface area (Å²) >= 11 is 3.29. The van der Waals surface area contributed by atoms with Gasteiger partial charge in [0.25, 0.3) is 0 Å². The molecule has 1 aliphatic rings. The summed E-state index contributed by atoms with van der Waals surface area (Å²) in [7, 11) is -0.728. The number of rotatable bonds is 4. The third kappa shape index (κ3) is 3.31. The molecule has 0 bridgehead atoms. The number of hydrogen-bond donors (Lipinski definition) is 1. The second kappa shape index (κ2) is 7.14. The van der Waals surface area contributed by atoms with Crippen LogP contribution in [0.5, 0.6) is 0 Å². The number of nitrogens with one attached hydrogen (secondary N) is 1. The number of nitrogens with zero attached hydrogens (tertiary/aromatic N) is 2. The molecule has 136 valence electrons. The highest BCUT2D eigenvalue weighted by molar-refractivity contribution is 7.85. The number of hydrogen-bond acceptors (Lipinski definition) is 6. The van der Waals surface area contributed by atoms with Gasteiger partial charge in [-0.25, -0.2) is 9.97 Å². The van der Waals surface area contributed by atoms with Gasteiger partial charge < -0.3 is 5.32 Å². The molecule has 1 fully saturated rings. The summed E-state index contributed by atoms with van der Waals surface area (Å²) in [4.78, 5) is 11.8. The zero-order chi connectivity index (χ0) is 18.2. The average molecular weight is 412 g/mol. The Hall–Kier alpha value is -2.09. The first-order chi connectivity index (χ1) is 13.3. The van der Waals surface area contributed by atoms with Crippen LogP contribution in [0.4, 0.5) is 5.82 Å². The first-order valence-corrected chi connectivity index (χ1v) is 12.0. The Morgan fingerprint density at radius 3 is 2.70 bits per heavy atom. The van der Waals surface area contributed by atoms with Gasteiger partial charge in [-0.2, -0.15) is 0 Å². The zero-order valence-corrected chi connectivity index (χ0v) is 16.9. The minimum Gasteiger partial charge on any atom is -0.366 e. The number of aromatic nitrogens is 2. The van der Waals surface area contributed by atoms with Crippen LogP contribution in [0.3, 0.4) is 0 Å². The van der Waals surface area contributed by atoms with Gasteiger partial charge in [0.05, 0.1) is 10.3 Å². The molecule has 1 aliphatic heterocycles. The SMILES string of the molecule is O=[S@@]1CC[C@@H](Nc2nc(-c3cccs3)nc3scc(-c4ccccc4)c23)C1. The van der Waals surface area contributed by atoms with Crippen molar-refractivity contribution in [3.8, 4) is 21.8 Å². The van der Waals surface area contributed by atoms with E-state index in [9.17, 15) is 4.21 Å². The summed E-state index contributed by atoms with van der Waals surface area (Å²) in [6, 6.07) is 14.6. The lowest BCUT2D eigenvalue weighted by molar-refractivity contribution is 0.686. The highest BCUT2D eigenvalue weighted by Gasteiger charge is 2.24. The van der Waals surface area contributed by atoms with Crippen LogP contribution in [0.15, 0.2) is 53.2 Å². The van der Waals surface area contributed by atoms with E-state index in [0.717, 1.165) is 50.0 Å². The maximum absolute atomic E-state index is 11.8. The van der Waals surface area contributed by atoms with Crippen molar-refractivity contribution in [2.75, 3.05) is 16.8 Å². The Morgan fingerprint density at radius 1 is 1.07 bits per heavy atom. The molecule has 3 aromatic heterocycles. The number of benzene rings is 1. The molecule has 1 N–H and O–H groups in total. The number of fused-ring (bicyclic) bond motifs is 1. The normalized spacial score (nSPS) is 19.6. The molecule has 0 unspecified atom stereocenters. The van der Waals surface area contributed by atoms with Crippen LogP contribution in [0.1, 0.15) is 6.42 Å². The van der Waals surface area contributed by atoms with Crippen molar-refractivity contribution in [2.24, 2.45) is 0 Å². The summed E-state index contributed by atoms with van der Waals surface area (Å²) in [5, 5.41) is 8.84. The van der Waals surface area contributed by atoms with Gasteiger partial charge in [0, 0.05) is 39.3 Å². The quantitative estimate of drug-likeness (QED) is 0.512. The van der Waals surface area contributed by atoms with E-state index in [-0.39, 0.29) is 6.04 Å². The Balaban J connectivity index is 1.67. The second-order valence-corrected chi connectivity index (χ2v) is 9.94. The first kappa shape index (κ1) is 17.0. The molecule has 7 heteroatoms. The lowest BCUT2D eigenvalue weighted by Crippen LogP contribution is -2.20. The van der Waals surface area contributed by atoms with Crippen molar-refractivity contribution < 1.29 is 4.21 Å².